The number of anilines is 1. The summed E-state index contributed by atoms with van der Waals surface area (Å²) in [5.41, 5.74) is 5.39. The van der Waals surface area contributed by atoms with E-state index >= 15 is 0 Å². The number of aromatic nitrogens is 2. The highest BCUT2D eigenvalue weighted by Crippen LogP contribution is 2.26. The van der Waals surface area contributed by atoms with Gasteiger partial charge in [-0.1, -0.05) is 30.3 Å². The van der Waals surface area contributed by atoms with Gasteiger partial charge in [0.2, 0.25) is 5.91 Å². The number of aromatic hydroxyl groups is 1. The first-order chi connectivity index (χ1) is 21.0. The zero-order valence-corrected chi connectivity index (χ0v) is 24.3. The number of pyridine rings is 2. The molecule has 2 amide bonds. The molecule has 11 heteroatoms. The summed E-state index contributed by atoms with van der Waals surface area (Å²) in [6, 6.07) is 24.1. The fourth-order valence-corrected chi connectivity index (χ4v) is 4.68. The van der Waals surface area contributed by atoms with Gasteiger partial charge in [-0.2, -0.15) is 0 Å². The number of amides is 2. The first kappa shape index (κ1) is 31.1. The summed E-state index contributed by atoms with van der Waals surface area (Å²) in [5.74, 6) is 6.64. The van der Waals surface area contributed by atoms with Crippen molar-refractivity contribution in [3.8, 4) is 11.5 Å². The summed E-state index contributed by atoms with van der Waals surface area (Å²) in [7, 11) is 0. The van der Waals surface area contributed by atoms with Crippen molar-refractivity contribution in [1.82, 2.24) is 20.6 Å². The van der Waals surface area contributed by atoms with E-state index < -0.39 is 0 Å². The van der Waals surface area contributed by atoms with Crippen LogP contribution in [0, 0.1) is 0 Å². The molecule has 0 bridgehead atoms. The second-order valence-corrected chi connectivity index (χ2v) is 10.4. The molecule has 43 heavy (non-hydrogen) atoms. The third kappa shape index (κ3) is 10.5. The molecule has 6 N–H and O–H groups in total. The minimum atomic E-state index is -0.277. The zero-order chi connectivity index (χ0) is 30.3. The molecule has 0 radical (unpaired) electrons. The van der Waals surface area contributed by atoms with Gasteiger partial charge < -0.3 is 25.9 Å². The van der Waals surface area contributed by atoms with Gasteiger partial charge in [0.1, 0.15) is 23.0 Å². The number of carbonyl (C=O) groups is 2. The minimum Gasteiger partial charge on any atom is -0.508 e. The SMILES string of the molecule is NNc1ccc(C(=O)NCCCNC(=O)C=Cc2nc(CSc3ccc(O)cc3)ccc2OCCc2ccccc2)cn1. The molecule has 0 saturated heterocycles. The fraction of sp³-hybridized carbons (Fsp3) is 0.188. The molecule has 0 fully saturated rings. The topological polar surface area (TPSA) is 151 Å². The van der Waals surface area contributed by atoms with E-state index in [1.54, 1.807) is 42.1 Å². The van der Waals surface area contributed by atoms with E-state index in [9.17, 15) is 14.7 Å². The number of hydrogen-bond donors (Lipinski definition) is 5. The number of hydrazine groups is 1. The van der Waals surface area contributed by atoms with Crippen LogP contribution in [-0.4, -0.2) is 46.6 Å². The van der Waals surface area contributed by atoms with E-state index in [0.29, 0.717) is 54.7 Å². The van der Waals surface area contributed by atoms with E-state index in [2.05, 4.69) is 33.2 Å². The molecule has 222 valence electrons. The van der Waals surface area contributed by atoms with Crippen LogP contribution in [0.4, 0.5) is 5.82 Å². The molecule has 2 aromatic carbocycles. The summed E-state index contributed by atoms with van der Waals surface area (Å²) in [5, 5.41) is 15.1. The van der Waals surface area contributed by atoms with Crippen molar-refractivity contribution in [3.05, 3.63) is 114 Å². The van der Waals surface area contributed by atoms with Crippen LogP contribution in [0.15, 0.2) is 96.0 Å². The lowest BCUT2D eigenvalue weighted by Crippen LogP contribution is -2.29. The average molecular weight is 599 g/mol. The van der Waals surface area contributed by atoms with Gasteiger partial charge in [0.25, 0.3) is 5.91 Å². The predicted molar refractivity (Wildman–Crippen MR) is 169 cm³/mol. The Morgan fingerprint density at radius 3 is 2.49 bits per heavy atom. The molecule has 0 aliphatic heterocycles. The Labute approximate surface area is 254 Å². The average Bonchev–Trinajstić information content (AvgIpc) is 3.04. The third-order valence-corrected chi connectivity index (χ3v) is 7.21. The minimum absolute atomic E-state index is 0.222. The number of phenolic OH excluding ortho intramolecular Hbond substituents is 1. The Kier molecular flexibility index (Phi) is 12.0. The van der Waals surface area contributed by atoms with Crippen molar-refractivity contribution in [1.29, 1.82) is 0 Å². The highest BCUT2D eigenvalue weighted by Gasteiger charge is 2.08. The molecule has 4 aromatic rings. The number of nitrogens with zero attached hydrogens (tertiary/aromatic N) is 2. The Morgan fingerprint density at radius 1 is 0.953 bits per heavy atom. The summed E-state index contributed by atoms with van der Waals surface area (Å²) >= 11 is 1.60. The van der Waals surface area contributed by atoms with Crippen molar-refractivity contribution in [2.45, 2.75) is 23.5 Å². The van der Waals surface area contributed by atoms with Gasteiger partial charge in [0.15, 0.2) is 0 Å². The van der Waals surface area contributed by atoms with Gasteiger partial charge in [-0.05, 0) is 66.6 Å². The monoisotopic (exact) mass is 598 g/mol. The third-order valence-electron chi connectivity index (χ3n) is 6.16. The highest BCUT2D eigenvalue weighted by atomic mass is 32.2. The molecular weight excluding hydrogens is 564 g/mol. The molecule has 4 rings (SSSR count). The molecule has 0 spiro atoms. The summed E-state index contributed by atoms with van der Waals surface area (Å²) < 4.78 is 6.05. The number of nitrogens with one attached hydrogen (secondary N) is 3. The summed E-state index contributed by atoms with van der Waals surface area (Å²) in [6.07, 6.45) is 5.81. The van der Waals surface area contributed by atoms with Crippen molar-refractivity contribution in [2.24, 2.45) is 5.84 Å². The van der Waals surface area contributed by atoms with Gasteiger partial charge in [0, 0.05) is 42.4 Å². The van der Waals surface area contributed by atoms with Gasteiger partial charge in [-0.3, -0.25) is 9.59 Å². The number of benzene rings is 2. The Morgan fingerprint density at radius 2 is 1.74 bits per heavy atom. The number of nitrogen functional groups attached to an aromatic ring is 1. The molecule has 0 unspecified atom stereocenters. The zero-order valence-electron chi connectivity index (χ0n) is 23.5. The Hall–Kier alpha value is -4.87. The van der Waals surface area contributed by atoms with Crippen LogP contribution < -0.4 is 26.6 Å². The van der Waals surface area contributed by atoms with Crippen molar-refractivity contribution in [2.75, 3.05) is 25.1 Å². The lowest BCUT2D eigenvalue weighted by molar-refractivity contribution is -0.116. The highest BCUT2D eigenvalue weighted by molar-refractivity contribution is 7.98. The van der Waals surface area contributed by atoms with Crippen molar-refractivity contribution < 1.29 is 19.4 Å². The smallest absolute Gasteiger partial charge is 0.252 e. The lowest BCUT2D eigenvalue weighted by atomic mass is 10.2. The number of ether oxygens (including phenoxy) is 1. The van der Waals surface area contributed by atoms with Crippen molar-refractivity contribution in [3.63, 3.8) is 0 Å². The first-order valence-electron chi connectivity index (χ1n) is 13.8. The number of phenols is 1. The maximum Gasteiger partial charge on any atom is 0.252 e. The predicted octanol–water partition coefficient (Wildman–Crippen LogP) is 4.33. The molecular formula is C32H34N6O4S. The van der Waals surface area contributed by atoms with Crippen LogP contribution in [0.25, 0.3) is 6.08 Å². The normalized spacial score (nSPS) is 10.8. The van der Waals surface area contributed by atoms with Crippen LogP contribution >= 0.6 is 11.8 Å². The van der Waals surface area contributed by atoms with E-state index in [1.807, 2.05) is 42.5 Å². The maximum atomic E-state index is 12.5. The van der Waals surface area contributed by atoms with E-state index in [-0.39, 0.29) is 17.6 Å². The molecule has 0 aliphatic rings. The molecule has 2 aromatic heterocycles. The summed E-state index contributed by atoms with van der Waals surface area (Å²) in [4.78, 5) is 34.5. The Balaban J connectivity index is 1.30. The molecule has 0 atom stereocenters. The molecule has 2 heterocycles. The van der Waals surface area contributed by atoms with Crippen LogP contribution in [0.3, 0.4) is 0 Å². The van der Waals surface area contributed by atoms with Crippen LogP contribution in [0.5, 0.6) is 11.5 Å². The lowest BCUT2D eigenvalue weighted by Gasteiger charge is -2.11. The molecule has 10 nitrogen and oxygen atoms in total. The van der Waals surface area contributed by atoms with Gasteiger partial charge in [0.05, 0.1) is 17.9 Å². The largest absolute Gasteiger partial charge is 0.508 e. The van der Waals surface area contributed by atoms with E-state index in [4.69, 9.17) is 15.6 Å². The molecule has 0 saturated carbocycles. The first-order valence-corrected chi connectivity index (χ1v) is 14.7. The van der Waals surface area contributed by atoms with Crippen molar-refractivity contribution >= 4 is 35.5 Å². The number of carbonyl (C=O) groups excluding carboxylic acids is 2. The fourth-order valence-electron chi connectivity index (χ4n) is 3.88. The van der Waals surface area contributed by atoms with Gasteiger partial charge in [-0.25, -0.2) is 15.8 Å². The number of hydrogen-bond acceptors (Lipinski definition) is 9. The number of rotatable bonds is 15. The van der Waals surface area contributed by atoms with Gasteiger partial charge in [-0.15, -0.1) is 11.8 Å². The maximum absolute atomic E-state index is 12.5. The quantitative estimate of drug-likeness (QED) is 0.0443. The van der Waals surface area contributed by atoms with E-state index in [1.165, 1.54) is 17.8 Å². The number of nitrogens with two attached hydrogens (primary N) is 1. The van der Waals surface area contributed by atoms with E-state index in [0.717, 1.165) is 17.0 Å². The number of thioether (sulfide) groups is 1. The Bertz CT molecular complexity index is 1500. The van der Waals surface area contributed by atoms with Crippen LogP contribution in [0.1, 0.15) is 33.7 Å². The summed E-state index contributed by atoms with van der Waals surface area (Å²) in [6.45, 7) is 1.24. The second-order valence-electron chi connectivity index (χ2n) is 9.36. The molecule has 0 aliphatic carbocycles. The van der Waals surface area contributed by atoms with Crippen LogP contribution in [-0.2, 0) is 17.0 Å². The van der Waals surface area contributed by atoms with Crippen LogP contribution in [0.2, 0.25) is 0 Å². The van der Waals surface area contributed by atoms with Gasteiger partial charge >= 0.3 is 0 Å². The second kappa shape index (κ2) is 16.5. The standard InChI is InChI=1S/C32H34N6O4S/c33-38-30-15-7-24(21-36-30)32(41)35-19-4-18-34-31(40)16-13-28-29(42-20-17-23-5-2-1-3-6-23)14-8-25(37-28)22-43-27-11-9-26(39)10-12-27/h1-3,5-16,21,39H,4,17-20,22,33H2,(H,34,40)(H,35,41)(H,36,38).